The summed E-state index contributed by atoms with van der Waals surface area (Å²) in [7, 11) is 3.09. The number of rotatable bonds is 3. The van der Waals surface area contributed by atoms with Crippen LogP contribution in [0, 0.1) is 0 Å². The maximum absolute atomic E-state index is 11.0. The number of hydrogen-bond donors (Lipinski definition) is 1. The van der Waals surface area contributed by atoms with Crippen LogP contribution in [-0.2, 0) is 4.74 Å². The molecule has 1 unspecified atom stereocenters. The van der Waals surface area contributed by atoms with Gasteiger partial charge in [0.25, 0.3) is 0 Å². The quantitative estimate of drug-likeness (QED) is 0.702. The largest absolute Gasteiger partial charge is 0.464 e. The molecule has 0 aromatic carbocycles. The highest BCUT2D eigenvalue weighted by molar-refractivity contribution is 5.86. The second-order valence-corrected chi connectivity index (χ2v) is 2.57. The number of nitrogens with zero attached hydrogens (tertiary/aromatic N) is 1. The molecule has 0 bridgehead atoms. The molecule has 0 aliphatic rings. The third-order valence-corrected chi connectivity index (χ3v) is 1.72. The van der Waals surface area contributed by atoms with Crippen LogP contribution in [0.2, 0.25) is 0 Å². The molecule has 0 radical (unpaired) electrons. The zero-order valence-electron chi connectivity index (χ0n) is 7.83. The number of ether oxygens (including phenoxy) is 1. The normalized spacial score (nSPS) is 12.5. The van der Waals surface area contributed by atoms with Crippen molar-refractivity contribution in [2.45, 2.75) is 13.0 Å². The fourth-order valence-corrected chi connectivity index (χ4v) is 0.808. The molecule has 0 aliphatic carbocycles. The van der Waals surface area contributed by atoms with E-state index in [-0.39, 0.29) is 11.7 Å². The van der Waals surface area contributed by atoms with E-state index in [1.807, 2.05) is 6.92 Å². The molecule has 0 saturated carbocycles. The molecular weight excluding hydrogens is 172 g/mol. The van der Waals surface area contributed by atoms with Gasteiger partial charge in [0.2, 0.25) is 5.89 Å². The predicted octanol–water partition coefficient (Wildman–Crippen LogP) is 0.742. The van der Waals surface area contributed by atoms with Gasteiger partial charge in [-0.2, -0.15) is 0 Å². The number of carbonyl (C=O) groups excluding carboxylic acids is 1. The lowest BCUT2D eigenvalue weighted by molar-refractivity contribution is 0.0594. The van der Waals surface area contributed by atoms with Crippen LogP contribution < -0.4 is 5.32 Å². The van der Waals surface area contributed by atoms with Gasteiger partial charge < -0.3 is 14.5 Å². The molecule has 1 aromatic heterocycles. The van der Waals surface area contributed by atoms with Crippen LogP contribution in [0.25, 0.3) is 0 Å². The lowest BCUT2D eigenvalue weighted by Crippen LogP contribution is -2.13. The zero-order chi connectivity index (χ0) is 9.84. The van der Waals surface area contributed by atoms with E-state index in [1.54, 1.807) is 7.05 Å². The van der Waals surface area contributed by atoms with E-state index in [2.05, 4.69) is 15.0 Å². The molecule has 1 N–H and O–H groups in total. The van der Waals surface area contributed by atoms with Gasteiger partial charge in [-0.3, -0.25) is 0 Å². The first-order chi connectivity index (χ1) is 6.19. The Bertz CT molecular complexity index is 295. The monoisotopic (exact) mass is 184 g/mol. The summed E-state index contributed by atoms with van der Waals surface area (Å²) in [5.74, 6) is -0.0128. The predicted molar refractivity (Wildman–Crippen MR) is 45.3 cm³/mol. The molecule has 5 heteroatoms. The standard InChI is InChI=1S/C8H12N2O3/c1-5(9-2)7-10-6(4-13-7)8(11)12-3/h4-5,9H,1-3H3. The van der Waals surface area contributed by atoms with Crippen molar-refractivity contribution >= 4 is 5.97 Å². The number of hydrogen-bond acceptors (Lipinski definition) is 5. The topological polar surface area (TPSA) is 64.4 Å². The van der Waals surface area contributed by atoms with Crippen molar-refractivity contribution in [1.29, 1.82) is 0 Å². The van der Waals surface area contributed by atoms with Gasteiger partial charge >= 0.3 is 5.97 Å². The number of aromatic nitrogens is 1. The maximum Gasteiger partial charge on any atom is 0.360 e. The zero-order valence-corrected chi connectivity index (χ0v) is 7.83. The maximum atomic E-state index is 11.0. The molecule has 0 aliphatic heterocycles. The Morgan fingerprint density at radius 2 is 2.46 bits per heavy atom. The van der Waals surface area contributed by atoms with Crippen LogP contribution in [0.1, 0.15) is 29.3 Å². The van der Waals surface area contributed by atoms with E-state index in [0.717, 1.165) is 0 Å². The Kier molecular flexibility index (Phi) is 3.02. The van der Waals surface area contributed by atoms with E-state index in [0.29, 0.717) is 5.89 Å². The highest BCUT2D eigenvalue weighted by atomic mass is 16.5. The minimum atomic E-state index is -0.488. The molecule has 0 saturated heterocycles. The number of nitrogens with one attached hydrogen (secondary N) is 1. The Morgan fingerprint density at radius 1 is 1.77 bits per heavy atom. The van der Waals surface area contributed by atoms with Crippen molar-refractivity contribution in [3.8, 4) is 0 Å². The minimum Gasteiger partial charge on any atom is -0.464 e. The Hall–Kier alpha value is -1.36. The van der Waals surface area contributed by atoms with E-state index in [1.165, 1.54) is 13.4 Å². The van der Waals surface area contributed by atoms with Gasteiger partial charge in [-0.15, -0.1) is 0 Å². The molecule has 1 rings (SSSR count). The SMILES string of the molecule is CNC(C)c1nc(C(=O)OC)co1. The molecular formula is C8H12N2O3. The molecule has 5 nitrogen and oxygen atoms in total. The van der Waals surface area contributed by atoms with Crippen molar-refractivity contribution in [3.63, 3.8) is 0 Å². The molecule has 72 valence electrons. The van der Waals surface area contributed by atoms with Crippen LogP contribution in [0.4, 0.5) is 0 Å². The second kappa shape index (κ2) is 4.04. The molecule has 1 aromatic rings. The number of esters is 1. The van der Waals surface area contributed by atoms with Gasteiger partial charge in [0.05, 0.1) is 13.2 Å². The molecule has 0 amide bonds. The summed E-state index contributed by atoms with van der Waals surface area (Å²) in [6.07, 6.45) is 1.29. The van der Waals surface area contributed by atoms with Gasteiger partial charge in [0, 0.05) is 0 Å². The fraction of sp³-hybridized carbons (Fsp3) is 0.500. The first-order valence-corrected chi connectivity index (χ1v) is 3.90. The summed E-state index contributed by atoms with van der Waals surface area (Å²) in [4.78, 5) is 14.9. The Labute approximate surface area is 76.1 Å². The minimum absolute atomic E-state index is 0.0154. The first kappa shape index (κ1) is 9.73. The summed E-state index contributed by atoms with van der Waals surface area (Å²) in [5.41, 5.74) is 0.194. The number of oxazole rings is 1. The molecule has 13 heavy (non-hydrogen) atoms. The number of carbonyl (C=O) groups is 1. The van der Waals surface area contributed by atoms with E-state index in [4.69, 9.17) is 4.42 Å². The average molecular weight is 184 g/mol. The van der Waals surface area contributed by atoms with Gasteiger partial charge in [0.1, 0.15) is 6.26 Å². The third kappa shape index (κ3) is 2.06. The van der Waals surface area contributed by atoms with Crippen LogP contribution in [0.5, 0.6) is 0 Å². The van der Waals surface area contributed by atoms with Crippen LogP contribution >= 0.6 is 0 Å². The summed E-state index contributed by atoms with van der Waals surface area (Å²) < 4.78 is 9.55. The highest BCUT2D eigenvalue weighted by Gasteiger charge is 2.15. The van der Waals surface area contributed by atoms with Crippen LogP contribution in [0.15, 0.2) is 10.7 Å². The lowest BCUT2D eigenvalue weighted by Gasteiger charge is -2.02. The number of methoxy groups -OCH3 is 1. The summed E-state index contributed by atoms with van der Waals surface area (Å²) in [5, 5.41) is 2.94. The van der Waals surface area contributed by atoms with Gasteiger partial charge in [-0.1, -0.05) is 0 Å². The lowest BCUT2D eigenvalue weighted by atomic mass is 10.3. The van der Waals surface area contributed by atoms with Crippen LogP contribution in [-0.4, -0.2) is 25.1 Å². The third-order valence-electron chi connectivity index (χ3n) is 1.72. The fourth-order valence-electron chi connectivity index (χ4n) is 0.808. The Morgan fingerprint density at radius 3 is 3.00 bits per heavy atom. The molecule has 1 heterocycles. The van der Waals surface area contributed by atoms with E-state index < -0.39 is 5.97 Å². The van der Waals surface area contributed by atoms with Gasteiger partial charge in [0.15, 0.2) is 5.69 Å². The van der Waals surface area contributed by atoms with Gasteiger partial charge in [-0.25, -0.2) is 9.78 Å². The van der Waals surface area contributed by atoms with Gasteiger partial charge in [-0.05, 0) is 14.0 Å². The molecule has 1 atom stereocenters. The van der Waals surface area contributed by atoms with Crippen molar-refractivity contribution < 1.29 is 13.9 Å². The van der Waals surface area contributed by atoms with E-state index >= 15 is 0 Å². The van der Waals surface area contributed by atoms with Crippen molar-refractivity contribution in [1.82, 2.24) is 10.3 Å². The van der Waals surface area contributed by atoms with Crippen molar-refractivity contribution in [2.24, 2.45) is 0 Å². The molecule has 0 spiro atoms. The second-order valence-electron chi connectivity index (χ2n) is 2.57. The highest BCUT2D eigenvalue weighted by Crippen LogP contribution is 2.11. The van der Waals surface area contributed by atoms with Crippen molar-refractivity contribution in [2.75, 3.05) is 14.2 Å². The average Bonchev–Trinajstić information content (AvgIpc) is 2.64. The summed E-state index contributed by atoms with van der Waals surface area (Å²) in [6, 6.07) is -0.0154. The van der Waals surface area contributed by atoms with E-state index in [9.17, 15) is 4.79 Å². The molecule has 0 fully saturated rings. The smallest absolute Gasteiger partial charge is 0.360 e. The summed E-state index contributed by atoms with van der Waals surface area (Å²) in [6.45, 7) is 1.88. The Balaban J connectivity index is 2.80. The first-order valence-electron chi connectivity index (χ1n) is 3.90. The summed E-state index contributed by atoms with van der Waals surface area (Å²) >= 11 is 0. The van der Waals surface area contributed by atoms with Crippen molar-refractivity contribution in [3.05, 3.63) is 17.8 Å². The van der Waals surface area contributed by atoms with Crippen LogP contribution in [0.3, 0.4) is 0 Å².